The summed E-state index contributed by atoms with van der Waals surface area (Å²) in [5.74, 6) is -1.47. The van der Waals surface area contributed by atoms with Gasteiger partial charge in [0.15, 0.2) is 0 Å². The van der Waals surface area contributed by atoms with E-state index in [0.29, 0.717) is 12.0 Å². The zero-order valence-corrected chi connectivity index (χ0v) is 12.3. The van der Waals surface area contributed by atoms with Gasteiger partial charge in [0, 0.05) is 12.4 Å². The highest BCUT2D eigenvalue weighted by Crippen LogP contribution is 2.08. The van der Waals surface area contributed by atoms with Crippen LogP contribution in [0.2, 0.25) is 0 Å². The molecule has 0 saturated carbocycles. The highest BCUT2D eigenvalue weighted by molar-refractivity contribution is 5.96. The predicted molar refractivity (Wildman–Crippen MR) is 79.8 cm³/mol. The van der Waals surface area contributed by atoms with Gasteiger partial charge in [0.25, 0.3) is 5.91 Å². The molecule has 2 N–H and O–H groups in total. The van der Waals surface area contributed by atoms with Crippen molar-refractivity contribution >= 4 is 11.9 Å². The van der Waals surface area contributed by atoms with Crippen LogP contribution >= 0.6 is 0 Å². The number of aliphatic carboxylic acids is 1. The summed E-state index contributed by atoms with van der Waals surface area (Å²) in [6, 6.07) is 2.69. The Kier molecular flexibility index (Phi) is 5.24. The molecule has 0 aliphatic carbocycles. The van der Waals surface area contributed by atoms with Gasteiger partial charge >= 0.3 is 5.97 Å². The van der Waals surface area contributed by atoms with Crippen LogP contribution in [0.3, 0.4) is 0 Å². The fourth-order valence-corrected chi connectivity index (χ4v) is 1.98. The fraction of sp³-hybridized carbons (Fsp3) is 0.333. The van der Waals surface area contributed by atoms with E-state index in [2.05, 4.69) is 15.4 Å². The molecule has 2 aromatic rings. The number of carboxylic acid groups (broad SMARTS) is 1. The number of pyridine rings is 1. The van der Waals surface area contributed by atoms with Crippen molar-refractivity contribution in [1.29, 1.82) is 0 Å². The Morgan fingerprint density at radius 3 is 2.86 bits per heavy atom. The molecular formula is C15H18N4O3. The normalized spacial score (nSPS) is 11.9. The van der Waals surface area contributed by atoms with Gasteiger partial charge in [0.05, 0.1) is 23.6 Å². The maximum Gasteiger partial charge on any atom is 0.326 e. The van der Waals surface area contributed by atoms with Crippen LogP contribution in [-0.4, -0.2) is 37.8 Å². The van der Waals surface area contributed by atoms with E-state index in [1.807, 2.05) is 13.0 Å². The quantitative estimate of drug-likeness (QED) is 0.810. The number of carbonyl (C=O) groups is 2. The average Bonchev–Trinajstić information content (AvgIpc) is 3.02. The van der Waals surface area contributed by atoms with Crippen LogP contribution in [0.5, 0.6) is 0 Å². The Morgan fingerprint density at radius 1 is 1.41 bits per heavy atom. The van der Waals surface area contributed by atoms with Gasteiger partial charge < -0.3 is 10.4 Å². The summed E-state index contributed by atoms with van der Waals surface area (Å²) < 4.78 is 1.52. The largest absolute Gasteiger partial charge is 0.480 e. The molecule has 22 heavy (non-hydrogen) atoms. The molecule has 2 heterocycles. The molecule has 0 aliphatic rings. The Labute approximate surface area is 128 Å². The van der Waals surface area contributed by atoms with Gasteiger partial charge in [-0.2, -0.15) is 5.10 Å². The first-order valence-electron chi connectivity index (χ1n) is 7.10. The number of unbranched alkanes of at least 4 members (excludes halogenated alkanes) is 1. The van der Waals surface area contributed by atoms with Crippen LogP contribution in [-0.2, 0) is 4.79 Å². The van der Waals surface area contributed by atoms with Crippen molar-refractivity contribution in [1.82, 2.24) is 20.1 Å². The van der Waals surface area contributed by atoms with Crippen molar-refractivity contribution in [2.45, 2.75) is 32.2 Å². The van der Waals surface area contributed by atoms with Crippen LogP contribution < -0.4 is 5.32 Å². The van der Waals surface area contributed by atoms with E-state index in [9.17, 15) is 9.59 Å². The predicted octanol–water partition coefficient (Wildman–Crippen LogP) is 1.64. The number of hydrogen-bond donors (Lipinski definition) is 2. The molecule has 7 heteroatoms. The molecular weight excluding hydrogens is 284 g/mol. The van der Waals surface area contributed by atoms with Crippen LogP contribution in [0.1, 0.15) is 36.5 Å². The molecule has 0 bridgehead atoms. The molecule has 0 radical (unpaired) electrons. The molecule has 0 spiro atoms. The Hall–Kier alpha value is -2.70. The van der Waals surface area contributed by atoms with Gasteiger partial charge in [0.1, 0.15) is 6.04 Å². The smallest absolute Gasteiger partial charge is 0.326 e. The van der Waals surface area contributed by atoms with Crippen molar-refractivity contribution in [3.63, 3.8) is 0 Å². The molecule has 1 amide bonds. The van der Waals surface area contributed by atoms with Crippen LogP contribution in [0.4, 0.5) is 0 Å². The second kappa shape index (κ2) is 7.35. The first kappa shape index (κ1) is 15.7. The summed E-state index contributed by atoms with van der Waals surface area (Å²) in [7, 11) is 0. The molecule has 2 aromatic heterocycles. The van der Waals surface area contributed by atoms with Crippen molar-refractivity contribution in [2.24, 2.45) is 0 Å². The number of rotatable bonds is 7. The van der Waals surface area contributed by atoms with E-state index >= 15 is 0 Å². The van der Waals surface area contributed by atoms with Crippen molar-refractivity contribution in [3.8, 4) is 5.69 Å². The summed E-state index contributed by atoms with van der Waals surface area (Å²) in [6.45, 7) is 1.97. The Bertz CT molecular complexity index is 639. The van der Waals surface area contributed by atoms with E-state index in [1.165, 1.54) is 10.9 Å². The molecule has 1 atom stereocenters. The summed E-state index contributed by atoms with van der Waals surface area (Å²) in [5.41, 5.74) is 1.04. The Balaban J connectivity index is 2.06. The van der Waals surface area contributed by atoms with Crippen LogP contribution in [0.25, 0.3) is 5.69 Å². The zero-order chi connectivity index (χ0) is 15.9. The Morgan fingerprint density at radius 2 is 2.23 bits per heavy atom. The number of hydrogen-bond acceptors (Lipinski definition) is 4. The van der Waals surface area contributed by atoms with Crippen LogP contribution in [0.15, 0.2) is 36.9 Å². The minimum atomic E-state index is -1.03. The highest BCUT2D eigenvalue weighted by Gasteiger charge is 2.20. The number of carboxylic acids is 1. The second-order valence-electron chi connectivity index (χ2n) is 4.89. The first-order chi connectivity index (χ1) is 10.6. The van der Waals surface area contributed by atoms with E-state index in [0.717, 1.165) is 18.5 Å². The maximum atomic E-state index is 12.1. The lowest BCUT2D eigenvalue weighted by atomic mass is 10.1. The molecule has 0 aromatic carbocycles. The maximum absolute atomic E-state index is 12.1. The zero-order valence-electron chi connectivity index (χ0n) is 12.3. The second-order valence-corrected chi connectivity index (χ2v) is 4.89. The lowest BCUT2D eigenvalue weighted by Gasteiger charge is -2.13. The SMILES string of the molecule is CCCCC(NC(=O)c1cnn(-c2cccnc2)c1)C(=O)O. The van der Waals surface area contributed by atoms with Gasteiger partial charge in [-0.15, -0.1) is 0 Å². The number of amides is 1. The molecule has 7 nitrogen and oxygen atoms in total. The standard InChI is InChI=1S/C15H18N4O3/c1-2-3-6-13(15(21)22)18-14(20)11-8-17-19(10-11)12-5-4-7-16-9-12/h4-5,7-10,13H,2-3,6H2,1H3,(H,18,20)(H,21,22). The third kappa shape index (κ3) is 3.91. The third-order valence-corrected chi connectivity index (χ3v) is 3.21. The minimum absolute atomic E-state index is 0.312. The number of nitrogens with one attached hydrogen (secondary N) is 1. The summed E-state index contributed by atoms with van der Waals surface area (Å²) in [4.78, 5) is 27.3. The van der Waals surface area contributed by atoms with Crippen molar-refractivity contribution in [2.75, 3.05) is 0 Å². The molecule has 2 rings (SSSR count). The molecule has 0 fully saturated rings. The summed E-state index contributed by atoms with van der Waals surface area (Å²) in [5, 5.41) is 15.8. The first-order valence-corrected chi connectivity index (χ1v) is 7.10. The van der Waals surface area contributed by atoms with Crippen molar-refractivity contribution < 1.29 is 14.7 Å². The topological polar surface area (TPSA) is 97.1 Å². The lowest BCUT2D eigenvalue weighted by Crippen LogP contribution is -2.40. The average molecular weight is 302 g/mol. The van der Waals surface area contributed by atoms with Crippen molar-refractivity contribution in [3.05, 3.63) is 42.5 Å². The molecule has 0 aliphatic heterocycles. The summed E-state index contributed by atoms with van der Waals surface area (Å²) >= 11 is 0. The number of nitrogens with zero attached hydrogens (tertiary/aromatic N) is 3. The van der Waals surface area contributed by atoms with E-state index in [1.54, 1.807) is 24.7 Å². The molecule has 0 saturated heterocycles. The van der Waals surface area contributed by atoms with Gasteiger partial charge in [0.2, 0.25) is 0 Å². The minimum Gasteiger partial charge on any atom is -0.480 e. The van der Waals surface area contributed by atoms with E-state index in [4.69, 9.17) is 5.11 Å². The van der Waals surface area contributed by atoms with E-state index < -0.39 is 17.9 Å². The van der Waals surface area contributed by atoms with E-state index in [-0.39, 0.29) is 0 Å². The highest BCUT2D eigenvalue weighted by atomic mass is 16.4. The molecule has 116 valence electrons. The number of aromatic nitrogens is 3. The number of carbonyl (C=O) groups excluding carboxylic acids is 1. The summed E-state index contributed by atoms with van der Waals surface area (Å²) in [6.07, 6.45) is 8.24. The van der Waals surface area contributed by atoms with Gasteiger partial charge in [-0.25, -0.2) is 9.48 Å². The van der Waals surface area contributed by atoms with Gasteiger partial charge in [-0.3, -0.25) is 9.78 Å². The monoisotopic (exact) mass is 302 g/mol. The fourth-order valence-electron chi connectivity index (χ4n) is 1.98. The van der Waals surface area contributed by atoms with Gasteiger partial charge in [-0.1, -0.05) is 19.8 Å². The molecule has 1 unspecified atom stereocenters. The van der Waals surface area contributed by atoms with Gasteiger partial charge in [-0.05, 0) is 18.6 Å². The third-order valence-electron chi connectivity index (χ3n) is 3.21. The van der Waals surface area contributed by atoms with Crippen LogP contribution in [0, 0.1) is 0 Å². The lowest BCUT2D eigenvalue weighted by molar-refractivity contribution is -0.139.